The molecule has 1 aromatic heterocycles. The Kier molecular flexibility index (Phi) is 6.24. The van der Waals surface area contributed by atoms with Gasteiger partial charge in [0.15, 0.2) is 10.9 Å². The predicted molar refractivity (Wildman–Crippen MR) is 111 cm³/mol. The summed E-state index contributed by atoms with van der Waals surface area (Å²) in [4.78, 5) is 12.3. The van der Waals surface area contributed by atoms with E-state index in [2.05, 4.69) is 21.2 Å². The van der Waals surface area contributed by atoms with Crippen LogP contribution in [0.15, 0.2) is 39.9 Å². The third-order valence-electron chi connectivity index (χ3n) is 4.39. The molecule has 0 radical (unpaired) electrons. The third-order valence-corrected chi connectivity index (χ3v) is 4.58. The highest BCUT2D eigenvalue weighted by molar-refractivity contribution is 7.80. The fraction of sp³-hybridized carbons (Fsp3) is 0.350. The zero-order chi connectivity index (χ0) is 19.2. The number of anilines is 1. The van der Waals surface area contributed by atoms with Gasteiger partial charge in [-0.3, -0.25) is 10.2 Å². The average molecular weight is 385 g/mol. The Morgan fingerprint density at radius 2 is 2.04 bits per heavy atom. The van der Waals surface area contributed by atoms with Gasteiger partial charge in [-0.2, -0.15) is 5.10 Å². The minimum absolute atomic E-state index is 0.169. The van der Waals surface area contributed by atoms with Crippen LogP contribution in [0.4, 0.5) is 5.69 Å². The van der Waals surface area contributed by atoms with E-state index >= 15 is 0 Å². The Labute approximate surface area is 164 Å². The van der Waals surface area contributed by atoms with Crippen LogP contribution >= 0.6 is 12.2 Å². The van der Waals surface area contributed by atoms with E-state index in [0.29, 0.717) is 17.4 Å². The number of nitrogens with one attached hydrogen (secondary N) is 3. The van der Waals surface area contributed by atoms with E-state index in [4.69, 9.17) is 16.6 Å². The molecule has 0 unspecified atom stereocenters. The molecular formula is C20H24N4O2S. The van der Waals surface area contributed by atoms with Crippen molar-refractivity contribution in [1.29, 1.82) is 0 Å². The van der Waals surface area contributed by atoms with Crippen molar-refractivity contribution in [2.24, 2.45) is 5.10 Å². The van der Waals surface area contributed by atoms with Crippen LogP contribution in [0.2, 0.25) is 0 Å². The van der Waals surface area contributed by atoms with Crippen molar-refractivity contribution in [1.82, 2.24) is 10.7 Å². The topological polar surface area (TPSA) is 78.7 Å². The Morgan fingerprint density at radius 3 is 2.78 bits per heavy atom. The predicted octanol–water partition coefficient (Wildman–Crippen LogP) is 3.75. The Bertz CT molecular complexity index is 858. The van der Waals surface area contributed by atoms with Crippen molar-refractivity contribution < 1.29 is 9.21 Å². The van der Waals surface area contributed by atoms with Crippen molar-refractivity contribution in [3.05, 3.63) is 53.0 Å². The maximum Gasteiger partial charge on any atom is 0.287 e. The largest absolute Gasteiger partial charge is 0.455 e. The van der Waals surface area contributed by atoms with Crippen molar-refractivity contribution in [2.45, 2.75) is 39.5 Å². The van der Waals surface area contributed by atoms with Crippen LogP contribution in [0, 0.1) is 6.92 Å². The lowest BCUT2D eigenvalue weighted by atomic mass is 9.93. The van der Waals surface area contributed by atoms with Gasteiger partial charge in [0.25, 0.3) is 5.91 Å². The lowest BCUT2D eigenvalue weighted by molar-refractivity contribution is 0.0923. The third kappa shape index (κ3) is 4.54. The first-order valence-corrected chi connectivity index (χ1v) is 9.60. The number of carbonyl (C=O) groups excluding carboxylic acids is 1. The molecule has 142 valence electrons. The number of thiocarbonyl (C=S) groups is 1. The monoisotopic (exact) mass is 384 g/mol. The van der Waals surface area contributed by atoms with E-state index in [1.807, 2.05) is 44.2 Å². The molecule has 2 aromatic rings. The first-order valence-electron chi connectivity index (χ1n) is 9.19. The van der Waals surface area contributed by atoms with E-state index in [9.17, 15) is 4.79 Å². The smallest absolute Gasteiger partial charge is 0.287 e. The molecule has 27 heavy (non-hydrogen) atoms. The van der Waals surface area contributed by atoms with Crippen LogP contribution in [0.5, 0.6) is 0 Å². The van der Waals surface area contributed by atoms with E-state index in [1.54, 1.807) is 0 Å². The number of hydrogen-bond acceptors (Lipinski definition) is 4. The Hall–Kier alpha value is -2.67. The van der Waals surface area contributed by atoms with Gasteiger partial charge in [0, 0.05) is 29.8 Å². The maximum absolute atomic E-state index is 12.3. The minimum atomic E-state index is -0.169. The average Bonchev–Trinajstić information content (AvgIpc) is 3.02. The Morgan fingerprint density at radius 1 is 1.26 bits per heavy atom. The summed E-state index contributed by atoms with van der Waals surface area (Å²) < 4.78 is 5.86. The summed E-state index contributed by atoms with van der Waals surface area (Å²) in [7, 11) is 0. The summed E-state index contributed by atoms with van der Waals surface area (Å²) in [6, 6.07) is 9.68. The fourth-order valence-electron chi connectivity index (χ4n) is 3.11. The number of rotatable bonds is 5. The number of para-hydroxylation sites is 1. The molecule has 0 fully saturated rings. The van der Waals surface area contributed by atoms with Crippen LogP contribution in [-0.4, -0.2) is 23.3 Å². The van der Waals surface area contributed by atoms with Gasteiger partial charge in [-0.15, -0.1) is 0 Å². The molecule has 0 aliphatic heterocycles. The molecule has 3 rings (SSSR count). The first-order chi connectivity index (χ1) is 13.1. The normalized spacial score (nSPS) is 14.5. The van der Waals surface area contributed by atoms with Crippen molar-refractivity contribution in [3.8, 4) is 0 Å². The number of fused-ring (bicyclic) bond motifs is 1. The zero-order valence-electron chi connectivity index (χ0n) is 15.6. The fourth-order valence-corrected chi connectivity index (χ4v) is 3.28. The SMILES string of the molecule is CCCNC(=O)c1oc2c(c1C)/C(=N/NC(=S)Nc1ccccc1)CCC2. The van der Waals surface area contributed by atoms with Gasteiger partial charge in [-0.25, -0.2) is 0 Å². The number of hydrazone groups is 1. The van der Waals surface area contributed by atoms with Crippen molar-refractivity contribution in [2.75, 3.05) is 11.9 Å². The lowest BCUT2D eigenvalue weighted by Gasteiger charge is -2.14. The van der Waals surface area contributed by atoms with Crippen LogP contribution in [0.1, 0.15) is 53.6 Å². The minimum Gasteiger partial charge on any atom is -0.455 e. The number of benzene rings is 1. The molecule has 0 saturated heterocycles. The molecule has 0 spiro atoms. The maximum atomic E-state index is 12.3. The highest BCUT2D eigenvalue weighted by Gasteiger charge is 2.27. The number of nitrogens with zero attached hydrogens (tertiary/aromatic N) is 1. The van der Waals surface area contributed by atoms with Crippen LogP contribution in [-0.2, 0) is 6.42 Å². The molecular weight excluding hydrogens is 360 g/mol. The second-order valence-corrected chi connectivity index (χ2v) is 6.86. The second-order valence-electron chi connectivity index (χ2n) is 6.45. The molecule has 3 N–H and O–H groups in total. The van der Waals surface area contributed by atoms with Gasteiger partial charge in [-0.1, -0.05) is 25.1 Å². The van der Waals surface area contributed by atoms with Crippen LogP contribution in [0.3, 0.4) is 0 Å². The highest BCUT2D eigenvalue weighted by Crippen LogP contribution is 2.29. The summed E-state index contributed by atoms with van der Waals surface area (Å²) in [5.41, 5.74) is 6.43. The summed E-state index contributed by atoms with van der Waals surface area (Å²) in [5, 5.41) is 10.9. The summed E-state index contributed by atoms with van der Waals surface area (Å²) in [5.74, 6) is 1.04. The molecule has 0 atom stereocenters. The molecule has 1 aliphatic rings. The van der Waals surface area contributed by atoms with Gasteiger partial charge in [0.05, 0.1) is 5.71 Å². The van der Waals surface area contributed by atoms with E-state index in [-0.39, 0.29) is 5.91 Å². The lowest BCUT2D eigenvalue weighted by Crippen LogP contribution is -2.26. The van der Waals surface area contributed by atoms with Crippen molar-refractivity contribution >= 4 is 34.6 Å². The van der Waals surface area contributed by atoms with Gasteiger partial charge >= 0.3 is 0 Å². The highest BCUT2D eigenvalue weighted by atomic mass is 32.1. The standard InChI is InChI=1S/C20H24N4O2S/c1-3-12-21-19(25)18-13(2)17-15(10-7-11-16(17)26-18)23-24-20(27)22-14-8-5-4-6-9-14/h4-6,8-9H,3,7,10-12H2,1-2H3,(H,21,25)(H2,22,24,27)/b23-15+. The second kappa shape index (κ2) is 8.81. The number of amides is 1. The molecule has 6 nitrogen and oxygen atoms in total. The molecule has 1 heterocycles. The van der Waals surface area contributed by atoms with E-state index in [1.165, 1.54) is 0 Å². The number of furan rings is 1. The van der Waals surface area contributed by atoms with Gasteiger partial charge in [-0.05, 0) is 50.5 Å². The quantitative estimate of drug-likeness (QED) is 0.540. The van der Waals surface area contributed by atoms with Gasteiger partial charge in [0.2, 0.25) is 0 Å². The van der Waals surface area contributed by atoms with Gasteiger partial charge in [0.1, 0.15) is 5.76 Å². The molecule has 1 aliphatic carbocycles. The van der Waals surface area contributed by atoms with Crippen LogP contribution < -0.4 is 16.1 Å². The van der Waals surface area contributed by atoms with Crippen LogP contribution in [0.25, 0.3) is 0 Å². The van der Waals surface area contributed by atoms with E-state index < -0.39 is 0 Å². The molecule has 0 bridgehead atoms. The molecule has 1 amide bonds. The Balaban J connectivity index is 1.75. The van der Waals surface area contributed by atoms with Crippen molar-refractivity contribution in [3.63, 3.8) is 0 Å². The zero-order valence-corrected chi connectivity index (χ0v) is 16.4. The molecule has 1 aromatic carbocycles. The van der Waals surface area contributed by atoms with Gasteiger partial charge < -0.3 is 15.1 Å². The number of carbonyl (C=O) groups is 1. The number of aryl methyl sites for hydroxylation is 1. The summed E-state index contributed by atoms with van der Waals surface area (Å²) in [6.45, 7) is 4.55. The molecule has 7 heteroatoms. The van der Waals surface area contributed by atoms with E-state index in [0.717, 1.165) is 54.0 Å². The summed E-state index contributed by atoms with van der Waals surface area (Å²) >= 11 is 5.31. The molecule has 0 saturated carbocycles. The first kappa shape index (κ1) is 19.1. The summed E-state index contributed by atoms with van der Waals surface area (Å²) in [6.07, 6.45) is 3.43. The number of hydrogen-bond donors (Lipinski definition) is 3.